The maximum absolute atomic E-state index is 12.3. The predicted molar refractivity (Wildman–Crippen MR) is 57.2 cm³/mol. The SMILES string of the molecule is O=C(c1ccc(-c2ccc(C(F)(F)F)nn2)[nH]1)C(F)(F)F. The van der Waals surface area contributed by atoms with Gasteiger partial charge >= 0.3 is 12.4 Å². The average Bonchev–Trinajstić information content (AvgIpc) is 2.85. The van der Waals surface area contributed by atoms with Crippen LogP contribution in [0.1, 0.15) is 16.2 Å². The number of alkyl halides is 6. The topological polar surface area (TPSA) is 58.6 Å². The van der Waals surface area contributed by atoms with Crippen molar-refractivity contribution >= 4 is 5.78 Å². The second kappa shape index (κ2) is 4.86. The third-order valence-electron chi connectivity index (χ3n) is 2.42. The molecule has 2 rings (SSSR count). The Labute approximate surface area is 112 Å². The van der Waals surface area contributed by atoms with Gasteiger partial charge in [-0.25, -0.2) is 0 Å². The Kier molecular flexibility index (Phi) is 3.47. The summed E-state index contributed by atoms with van der Waals surface area (Å²) in [7, 11) is 0. The van der Waals surface area contributed by atoms with Gasteiger partial charge in [-0.05, 0) is 24.3 Å². The molecule has 0 spiro atoms. The molecule has 0 aliphatic rings. The standard InChI is InChI=1S/C11H5F6N3O/c12-10(13,14)8-4-3-6(19-20-8)5-1-2-7(18-5)9(21)11(15,16)17/h1-4,18H. The fraction of sp³-hybridized carbons (Fsp3) is 0.182. The molecule has 2 heterocycles. The lowest BCUT2D eigenvalue weighted by Gasteiger charge is -2.05. The number of halogens is 6. The van der Waals surface area contributed by atoms with E-state index in [-0.39, 0.29) is 11.4 Å². The minimum Gasteiger partial charge on any atom is -0.351 e. The van der Waals surface area contributed by atoms with Gasteiger partial charge < -0.3 is 4.98 Å². The normalized spacial score (nSPS) is 12.5. The maximum Gasteiger partial charge on any atom is 0.456 e. The van der Waals surface area contributed by atoms with Crippen molar-refractivity contribution in [2.45, 2.75) is 12.4 Å². The summed E-state index contributed by atoms with van der Waals surface area (Å²) in [5, 5.41) is 6.18. The Morgan fingerprint density at radius 2 is 1.62 bits per heavy atom. The van der Waals surface area contributed by atoms with E-state index in [1.165, 1.54) is 0 Å². The molecule has 0 saturated carbocycles. The minimum absolute atomic E-state index is 0.0520. The van der Waals surface area contributed by atoms with E-state index in [4.69, 9.17) is 0 Å². The van der Waals surface area contributed by atoms with Crippen LogP contribution >= 0.6 is 0 Å². The first kappa shape index (κ1) is 15.0. The molecule has 0 unspecified atom stereocenters. The van der Waals surface area contributed by atoms with Crippen molar-refractivity contribution in [3.63, 3.8) is 0 Å². The molecule has 4 nitrogen and oxygen atoms in total. The van der Waals surface area contributed by atoms with E-state index < -0.39 is 29.5 Å². The molecule has 0 bridgehead atoms. The zero-order valence-electron chi connectivity index (χ0n) is 9.88. The van der Waals surface area contributed by atoms with Crippen LogP contribution in [0.3, 0.4) is 0 Å². The lowest BCUT2D eigenvalue weighted by atomic mass is 10.2. The van der Waals surface area contributed by atoms with Crippen LogP contribution in [0.25, 0.3) is 11.4 Å². The van der Waals surface area contributed by atoms with E-state index in [1.54, 1.807) is 0 Å². The van der Waals surface area contributed by atoms with Crippen molar-refractivity contribution in [2.75, 3.05) is 0 Å². The number of hydrogen-bond donors (Lipinski definition) is 1. The van der Waals surface area contributed by atoms with Gasteiger partial charge in [-0.15, -0.1) is 10.2 Å². The van der Waals surface area contributed by atoms with Crippen LogP contribution < -0.4 is 0 Å². The van der Waals surface area contributed by atoms with E-state index in [1.807, 2.05) is 0 Å². The molecule has 0 atom stereocenters. The first-order chi connectivity index (χ1) is 9.59. The van der Waals surface area contributed by atoms with Crippen LogP contribution in [0, 0.1) is 0 Å². The fourth-order valence-corrected chi connectivity index (χ4v) is 1.46. The number of ketones is 1. The molecule has 0 fully saturated rings. The number of Topliss-reactive ketones (excluding diaryl/α,β-unsaturated/α-hetero) is 1. The van der Waals surface area contributed by atoms with Crippen LogP contribution in [-0.2, 0) is 6.18 Å². The fourth-order valence-electron chi connectivity index (χ4n) is 1.46. The quantitative estimate of drug-likeness (QED) is 0.684. The van der Waals surface area contributed by atoms with Gasteiger partial charge in [0, 0.05) is 0 Å². The van der Waals surface area contributed by atoms with E-state index in [9.17, 15) is 31.1 Å². The zero-order chi connectivity index (χ0) is 15.8. The van der Waals surface area contributed by atoms with Gasteiger partial charge in [0.25, 0.3) is 5.78 Å². The molecule has 0 radical (unpaired) electrons. The van der Waals surface area contributed by atoms with Crippen LogP contribution in [-0.4, -0.2) is 27.1 Å². The second-order valence-electron chi connectivity index (χ2n) is 3.91. The third kappa shape index (κ3) is 3.20. The molecule has 0 amide bonds. The number of nitrogens with zero attached hydrogens (tertiary/aromatic N) is 2. The Bertz CT molecular complexity index is 656. The van der Waals surface area contributed by atoms with Crippen molar-refractivity contribution in [1.29, 1.82) is 0 Å². The molecule has 0 aliphatic heterocycles. The molecular formula is C11H5F6N3O. The molecule has 0 saturated heterocycles. The van der Waals surface area contributed by atoms with Gasteiger partial charge in [-0.3, -0.25) is 4.79 Å². The largest absolute Gasteiger partial charge is 0.456 e. The van der Waals surface area contributed by atoms with Gasteiger partial charge in [0.05, 0.1) is 11.4 Å². The summed E-state index contributed by atoms with van der Waals surface area (Å²) in [6.45, 7) is 0. The summed E-state index contributed by atoms with van der Waals surface area (Å²) < 4.78 is 73.5. The van der Waals surface area contributed by atoms with E-state index in [0.29, 0.717) is 6.07 Å². The molecule has 0 aromatic carbocycles. The average molecular weight is 309 g/mol. The van der Waals surface area contributed by atoms with Gasteiger partial charge in [-0.2, -0.15) is 26.3 Å². The van der Waals surface area contributed by atoms with Crippen LogP contribution in [0.2, 0.25) is 0 Å². The highest BCUT2D eigenvalue weighted by Gasteiger charge is 2.40. The third-order valence-corrected chi connectivity index (χ3v) is 2.42. The van der Waals surface area contributed by atoms with Crippen LogP contribution in [0.4, 0.5) is 26.3 Å². The lowest BCUT2D eigenvalue weighted by molar-refractivity contribution is -0.141. The minimum atomic E-state index is -5.05. The van der Waals surface area contributed by atoms with Gasteiger partial charge in [0.1, 0.15) is 5.69 Å². The molecule has 2 aromatic heterocycles. The Morgan fingerprint density at radius 1 is 0.952 bits per heavy atom. The molecular weight excluding hydrogens is 304 g/mol. The molecule has 2 aromatic rings. The molecule has 1 N–H and O–H groups in total. The van der Waals surface area contributed by atoms with Gasteiger partial charge in [-0.1, -0.05) is 0 Å². The Hall–Kier alpha value is -2.39. The smallest absolute Gasteiger partial charge is 0.351 e. The first-order valence-electron chi connectivity index (χ1n) is 5.31. The number of rotatable bonds is 2. The summed E-state index contributed by atoms with van der Waals surface area (Å²) in [6.07, 6.45) is -9.72. The number of H-pyrrole nitrogens is 1. The van der Waals surface area contributed by atoms with Crippen molar-refractivity contribution in [1.82, 2.24) is 15.2 Å². The number of aromatic amines is 1. The first-order valence-corrected chi connectivity index (χ1v) is 5.31. The molecule has 0 aliphatic carbocycles. The van der Waals surface area contributed by atoms with Crippen molar-refractivity contribution in [2.24, 2.45) is 0 Å². The zero-order valence-corrected chi connectivity index (χ0v) is 9.88. The summed E-state index contributed by atoms with van der Waals surface area (Å²) in [6, 6.07) is 3.53. The Morgan fingerprint density at radius 3 is 2.10 bits per heavy atom. The number of carbonyl (C=O) groups is 1. The highest BCUT2D eigenvalue weighted by atomic mass is 19.4. The highest BCUT2D eigenvalue weighted by Crippen LogP contribution is 2.28. The number of hydrogen-bond acceptors (Lipinski definition) is 3. The predicted octanol–water partition coefficient (Wildman–Crippen LogP) is 3.24. The number of aromatic nitrogens is 3. The van der Waals surface area contributed by atoms with E-state index in [0.717, 1.165) is 18.2 Å². The van der Waals surface area contributed by atoms with E-state index in [2.05, 4.69) is 15.2 Å². The van der Waals surface area contributed by atoms with Crippen LogP contribution in [0.5, 0.6) is 0 Å². The van der Waals surface area contributed by atoms with Crippen molar-refractivity contribution < 1.29 is 31.1 Å². The monoisotopic (exact) mass is 309 g/mol. The van der Waals surface area contributed by atoms with Crippen molar-refractivity contribution in [3.05, 3.63) is 35.7 Å². The lowest BCUT2D eigenvalue weighted by Crippen LogP contribution is -2.22. The summed E-state index contributed by atoms with van der Waals surface area (Å²) >= 11 is 0. The molecule has 112 valence electrons. The number of carbonyl (C=O) groups excluding carboxylic acids is 1. The summed E-state index contributed by atoms with van der Waals surface area (Å²) in [5.41, 5.74) is -2.14. The number of nitrogens with one attached hydrogen (secondary N) is 1. The summed E-state index contributed by atoms with van der Waals surface area (Å²) in [5.74, 6) is -2.09. The van der Waals surface area contributed by atoms with Crippen LogP contribution in [0.15, 0.2) is 24.3 Å². The van der Waals surface area contributed by atoms with Gasteiger partial charge in [0.2, 0.25) is 0 Å². The molecule has 10 heteroatoms. The van der Waals surface area contributed by atoms with Crippen molar-refractivity contribution in [3.8, 4) is 11.4 Å². The summed E-state index contributed by atoms with van der Waals surface area (Å²) in [4.78, 5) is 13.1. The van der Waals surface area contributed by atoms with Gasteiger partial charge in [0.15, 0.2) is 5.69 Å². The second-order valence-corrected chi connectivity index (χ2v) is 3.91. The maximum atomic E-state index is 12.3. The Balaban J connectivity index is 2.28. The van der Waals surface area contributed by atoms with E-state index >= 15 is 0 Å². The molecule has 21 heavy (non-hydrogen) atoms. The highest BCUT2D eigenvalue weighted by molar-refractivity contribution is 5.99.